The van der Waals surface area contributed by atoms with E-state index in [1.165, 1.54) is 4.90 Å². The van der Waals surface area contributed by atoms with Gasteiger partial charge < -0.3 is 55.2 Å². The topological polar surface area (TPSA) is 218 Å². The van der Waals surface area contributed by atoms with Crippen molar-refractivity contribution in [2.24, 2.45) is 11.8 Å². The highest BCUT2D eigenvalue weighted by Gasteiger charge is 2.50. The smallest absolute Gasteiger partial charge is 0.261 e. The van der Waals surface area contributed by atoms with E-state index >= 15 is 0 Å². The number of aliphatic hydroxyl groups excluding tert-OH is 8. The predicted octanol–water partition coefficient (Wildman–Crippen LogP) is 3.73. The number of allylic oxidation sites excluding steroid dienone is 2. The minimum absolute atomic E-state index is 0.0801. The van der Waals surface area contributed by atoms with Crippen LogP contribution in [-0.4, -0.2) is 132 Å². The van der Waals surface area contributed by atoms with Crippen LogP contribution in [0.4, 0.5) is 0 Å². The molecule has 3 rings (SSSR count). The minimum Gasteiger partial charge on any atom is -0.511 e. The zero-order valence-electron chi connectivity index (χ0n) is 32.7. The third-order valence-corrected chi connectivity index (χ3v) is 11.6. The summed E-state index contributed by atoms with van der Waals surface area (Å²) in [6, 6.07) is -0.632. The van der Waals surface area contributed by atoms with Crippen LogP contribution >= 0.6 is 0 Å². The molecular formula is C41H71NO12. The fourth-order valence-electron chi connectivity index (χ4n) is 7.76. The summed E-state index contributed by atoms with van der Waals surface area (Å²) in [5.41, 5.74) is -0.0801. The molecule has 11 atom stereocenters. The van der Waals surface area contributed by atoms with Gasteiger partial charge >= 0.3 is 0 Å². The van der Waals surface area contributed by atoms with Crippen molar-refractivity contribution >= 4 is 11.7 Å². The zero-order valence-corrected chi connectivity index (χ0v) is 32.7. The normalized spacial score (nSPS) is 29.2. The van der Waals surface area contributed by atoms with Gasteiger partial charge in [0.25, 0.3) is 5.91 Å². The summed E-state index contributed by atoms with van der Waals surface area (Å²) in [7, 11) is 0. The number of nitrogens with zero attached hydrogens (tertiary/aromatic N) is 1. The number of Topliss-reactive ketones (excluding diaryl/α,β-unsaturated/α-hetero) is 1. The number of ether oxygens (including phenoxy) is 2. The number of carbonyl (C=O) groups is 2. The Hall–Kier alpha value is -1.94. The number of amides is 1. The lowest BCUT2D eigenvalue weighted by atomic mass is 9.86. The fourth-order valence-corrected chi connectivity index (χ4v) is 7.76. The van der Waals surface area contributed by atoms with E-state index in [0.29, 0.717) is 25.9 Å². The summed E-state index contributed by atoms with van der Waals surface area (Å²) in [5, 5.41) is 80.1. The van der Waals surface area contributed by atoms with Crippen molar-refractivity contribution in [2.75, 3.05) is 19.8 Å². The molecule has 312 valence electrons. The van der Waals surface area contributed by atoms with Gasteiger partial charge in [0.05, 0.1) is 31.0 Å². The van der Waals surface area contributed by atoms with Crippen LogP contribution in [0.1, 0.15) is 136 Å². The molecule has 1 unspecified atom stereocenters. The molecule has 0 spiro atoms. The summed E-state index contributed by atoms with van der Waals surface area (Å²) in [5.74, 6) is -1.04. The molecule has 0 bridgehead atoms. The summed E-state index contributed by atoms with van der Waals surface area (Å²) >= 11 is 0. The highest BCUT2D eigenvalue weighted by Crippen LogP contribution is 2.35. The second-order valence-electron chi connectivity index (χ2n) is 16.0. The van der Waals surface area contributed by atoms with Crippen molar-refractivity contribution in [3.63, 3.8) is 0 Å². The summed E-state index contributed by atoms with van der Waals surface area (Å²) in [6.45, 7) is 3.92. The number of unbranched alkanes of at least 4 members (excludes halogenated alkanes) is 10. The zero-order chi connectivity index (χ0) is 39.6. The van der Waals surface area contributed by atoms with Crippen LogP contribution in [0.25, 0.3) is 0 Å². The number of aliphatic hydroxyl groups is 8. The fraction of sp³-hybridized carbons (Fsp3) is 0.854. The lowest BCUT2D eigenvalue weighted by Gasteiger charge is -2.39. The Bertz CT molecular complexity index is 1140. The van der Waals surface area contributed by atoms with E-state index in [2.05, 4.69) is 19.1 Å². The molecule has 0 saturated carbocycles. The van der Waals surface area contributed by atoms with Crippen LogP contribution in [0.3, 0.4) is 0 Å². The SMILES string of the molecule is CC(CCCCCCCC/C=C/C[C@H](O)CCC[C@H](O)CCCCCCCO[C@@H]1O[C@H](CO)[C@@H](O)[C@H](O)[C@@H]1O)[C@H](C)/C(O)=C1\C(=O)[C@@H]2C[C@@H](O)CN2C1=O. The van der Waals surface area contributed by atoms with Crippen molar-refractivity contribution in [1.29, 1.82) is 0 Å². The average molecular weight is 770 g/mol. The Morgan fingerprint density at radius 2 is 1.41 bits per heavy atom. The van der Waals surface area contributed by atoms with Gasteiger partial charge in [-0.15, -0.1) is 0 Å². The van der Waals surface area contributed by atoms with Crippen LogP contribution in [0, 0.1) is 11.8 Å². The molecule has 8 N–H and O–H groups in total. The first-order chi connectivity index (χ1) is 25.9. The largest absolute Gasteiger partial charge is 0.511 e. The van der Waals surface area contributed by atoms with Gasteiger partial charge in [-0.2, -0.15) is 0 Å². The van der Waals surface area contributed by atoms with Crippen molar-refractivity contribution in [2.45, 2.75) is 191 Å². The van der Waals surface area contributed by atoms with Crippen molar-refractivity contribution in [3.05, 3.63) is 23.5 Å². The first kappa shape index (κ1) is 46.4. The second-order valence-corrected chi connectivity index (χ2v) is 16.0. The molecule has 0 aromatic rings. The third-order valence-electron chi connectivity index (χ3n) is 11.6. The Labute approximate surface area is 322 Å². The van der Waals surface area contributed by atoms with Gasteiger partial charge in [-0.1, -0.05) is 90.2 Å². The lowest BCUT2D eigenvalue weighted by molar-refractivity contribution is -0.301. The molecular weight excluding hydrogens is 698 g/mol. The van der Waals surface area contributed by atoms with Gasteiger partial charge in [0, 0.05) is 25.5 Å². The molecule has 0 aliphatic carbocycles. The van der Waals surface area contributed by atoms with Gasteiger partial charge in [-0.05, 0) is 57.3 Å². The van der Waals surface area contributed by atoms with Crippen LogP contribution in [0.15, 0.2) is 23.5 Å². The van der Waals surface area contributed by atoms with Crippen LogP contribution in [-0.2, 0) is 19.1 Å². The van der Waals surface area contributed by atoms with Crippen molar-refractivity contribution in [1.82, 2.24) is 4.90 Å². The van der Waals surface area contributed by atoms with E-state index in [1.807, 2.05) is 6.92 Å². The molecule has 3 aliphatic rings. The molecule has 0 radical (unpaired) electrons. The maximum atomic E-state index is 12.7. The number of rotatable bonds is 27. The van der Waals surface area contributed by atoms with Gasteiger partial charge in [-0.25, -0.2) is 0 Å². The molecule has 3 aliphatic heterocycles. The number of carbonyl (C=O) groups excluding carboxylic acids is 2. The number of fused-ring (bicyclic) bond motifs is 1. The number of ketones is 1. The summed E-state index contributed by atoms with van der Waals surface area (Å²) < 4.78 is 10.8. The molecule has 3 saturated heterocycles. The Kier molecular flexibility index (Phi) is 21.2. The van der Waals surface area contributed by atoms with Gasteiger partial charge in [0.2, 0.25) is 0 Å². The molecule has 13 heteroatoms. The van der Waals surface area contributed by atoms with Crippen molar-refractivity contribution < 1.29 is 59.9 Å². The molecule has 13 nitrogen and oxygen atoms in total. The minimum atomic E-state index is -1.44. The highest BCUT2D eigenvalue weighted by molar-refractivity contribution is 6.27. The van der Waals surface area contributed by atoms with E-state index in [4.69, 9.17) is 9.47 Å². The van der Waals surface area contributed by atoms with Crippen LogP contribution < -0.4 is 0 Å². The Balaban J connectivity index is 1.09. The molecule has 0 aromatic heterocycles. The lowest BCUT2D eigenvalue weighted by Crippen LogP contribution is -2.59. The Morgan fingerprint density at radius 3 is 2.09 bits per heavy atom. The Morgan fingerprint density at radius 1 is 0.796 bits per heavy atom. The standard InChI is InChI=1S/C41H71NO12/c1-27(28(2)35(47)34-36(48)32-24-31(46)25-42(32)40(34)52)18-13-9-6-4-3-5-7-10-14-19-29(44)21-17-22-30(45)20-15-11-8-12-16-23-53-41-39(51)38(50)37(49)33(26-43)54-41/h10,14,27-33,37-39,41,43-47,49-51H,3-9,11-13,15-26H2,1-2H3/b14-10+,35-34-/t27?,28-,29-,30+,31+,32-,33+,37+,38-,39-,41+/m0/s1. The molecule has 0 aromatic carbocycles. The second kappa shape index (κ2) is 24.6. The maximum Gasteiger partial charge on any atom is 0.261 e. The summed E-state index contributed by atoms with van der Waals surface area (Å²) in [6.07, 6.45) is 13.4. The first-order valence-electron chi connectivity index (χ1n) is 20.8. The predicted molar refractivity (Wildman–Crippen MR) is 203 cm³/mol. The third kappa shape index (κ3) is 14.5. The monoisotopic (exact) mass is 769 g/mol. The molecule has 3 fully saturated rings. The maximum absolute atomic E-state index is 12.7. The van der Waals surface area contributed by atoms with E-state index in [0.717, 1.165) is 96.3 Å². The molecule has 54 heavy (non-hydrogen) atoms. The quantitative estimate of drug-likeness (QED) is 0.0197. The van der Waals surface area contributed by atoms with Gasteiger partial charge in [0.15, 0.2) is 12.1 Å². The van der Waals surface area contributed by atoms with Crippen molar-refractivity contribution in [3.8, 4) is 0 Å². The van der Waals surface area contributed by atoms with E-state index in [1.54, 1.807) is 0 Å². The van der Waals surface area contributed by atoms with Gasteiger partial charge in [-0.3, -0.25) is 9.59 Å². The highest BCUT2D eigenvalue weighted by atomic mass is 16.7. The molecule has 1 amide bonds. The average Bonchev–Trinajstić information content (AvgIpc) is 3.65. The summed E-state index contributed by atoms with van der Waals surface area (Å²) in [4.78, 5) is 26.8. The van der Waals surface area contributed by atoms with Gasteiger partial charge in [0.1, 0.15) is 35.7 Å². The molecule has 3 heterocycles. The van der Waals surface area contributed by atoms with E-state index in [9.17, 15) is 50.4 Å². The first-order valence-corrected chi connectivity index (χ1v) is 20.8. The van der Waals surface area contributed by atoms with Crippen LogP contribution in [0.5, 0.6) is 0 Å². The number of hydrogen-bond acceptors (Lipinski definition) is 12. The number of hydrogen-bond donors (Lipinski definition) is 8. The van der Waals surface area contributed by atoms with Crippen LogP contribution in [0.2, 0.25) is 0 Å². The van der Waals surface area contributed by atoms with E-state index < -0.39 is 61.5 Å². The van der Waals surface area contributed by atoms with E-state index in [-0.39, 0.29) is 48.0 Å².